The maximum Gasteiger partial charge on any atom is 0.163 e. The van der Waals surface area contributed by atoms with Gasteiger partial charge < -0.3 is 4.52 Å². The Morgan fingerprint density at radius 1 is 1.35 bits per heavy atom. The minimum atomic E-state index is -0.227. The van der Waals surface area contributed by atoms with Crippen molar-refractivity contribution in [2.75, 3.05) is 0 Å². The van der Waals surface area contributed by atoms with Crippen molar-refractivity contribution in [2.24, 2.45) is 5.41 Å². The van der Waals surface area contributed by atoms with E-state index in [9.17, 15) is 0 Å². The number of hydrogen-bond acceptors (Lipinski definition) is 2. The molecule has 0 aliphatic heterocycles. The molecule has 3 heteroatoms. The summed E-state index contributed by atoms with van der Waals surface area (Å²) in [4.78, 5) is 0. The van der Waals surface area contributed by atoms with Gasteiger partial charge in [0.15, 0.2) is 5.76 Å². The molecule has 2 aliphatic rings. The smallest absolute Gasteiger partial charge is 0.163 e. The third-order valence-electron chi connectivity index (χ3n) is 4.43. The molecule has 2 aliphatic carbocycles. The van der Waals surface area contributed by atoms with Crippen molar-refractivity contribution < 1.29 is 4.52 Å². The van der Waals surface area contributed by atoms with Crippen LogP contribution in [-0.4, -0.2) is 5.16 Å². The molecule has 2 nitrogen and oxygen atoms in total. The van der Waals surface area contributed by atoms with Gasteiger partial charge >= 0.3 is 0 Å². The Hall–Kier alpha value is -1.79. The normalized spacial score (nSPS) is 23.1. The largest absolute Gasteiger partial charge is 0.357 e. The molecule has 0 saturated heterocycles. The molecular formula is C17H12BrNO. The number of halogens is 1. The van der Waals surface area contributed by atoms with Gasteiger partial charge in [-0.05, 0) is 48.1 Å². The summed E-state index contributed by atoms with van der Waals surface area (Å²) < 4.78 is 6.44. The zero-order valence-corrected chi connectivity index (χ0v) is 12.4. The first-order chi connectivity index (χ1) is 9.73. The van der Waals surface area contributed by atoms with E-state index < -0.39 is 0 Å². The van der Waals surface area contributed by atoms with Crippen molar-refractivity contribution in [1.82, 2.24) is 5.16 Å². The first kappa shape index (κ1) is 12.0. The summed E-state index contributed by atoms with van der Waals surface area (Å²) in [5, 5.41) is 3.91. The first-order valence-corrected chi connectivity index (χ1v) is 7.44. The lowest BCUT2D eigenvalue weighted by molar-refractivity contribution is 0.403. The zero-order valence-electron chi connectivity index (χ0n) is 10.8. The van der Waals surface area contributed by atoms with Crippen LogP contribution in [0.3, 0.4) is 0 Å². The summed E-state index contributed by atoms with van der Waals surface area (Å²) in [6, 6.07) is 6.33. The Labute approximate surface area is 126 Å². The highest BCUT2D eigenvalue weighted by Crippen LogP contribution is 2.52. The third-order valence-corrected chi connectivity index (χ3v) is 5.09. The summed E-state index contributed by atoms with van der Waals surface area (Å²) >= 11 is 3.67. The maximum absolute atomic E-state index is 5.92. The second-order valence-electron chi connectivity index (χ2n) is 5.45. The quantitative estimate of drug-likeness (QED) is 0.681. The zero-order chi connectivity index (χ0) is 13.7. The lowest BCUT2D eigenvalue weighted by atomic mass is 9.63. The Morgan fingerprint density at radius 2 is 2.25 bits per heavy atom. The monoisotopic (exact) mass is 325 g/mol. The SMILES string of the molecule is C#CC12CCc3cccc(Br)c3C1=Cc1oncc1C2. The number of rotatable bonds is 0. The number of fused-ring (bicyclic) bond motifs is 4. The lowest BCUT2D eigenvalue weighted by Crippen LogP contribution is -2.31. The molecule has 0 bridgehead atoms. The number of hydrogen-bond donors (Lipinski definition) is 0. The number of aromatic nitrogens is 1. The van der Waals surface area contributed by atoms with Crippen molar-refractivity contribution >= 4 is 27.6 Å². The highest BCUT2D eigenvalue weighted by atomic mass is 79.9. The average molecular weight is 326 g/mol. The summed E-state index contributed by atoms with van der Waals surface area (Å²) in [6.07, 6.45) is 12.6. The van der Waals surface area contributed by atoms with Crippen LogP contribution in [0.2, 0.25) is 0 Å². The predicted molar refractivity (Wildman–Crippen MR) is 81.8 cm³/mol. The molecule has 98 valence electrons. The van der Waals surface area contributed by atoms with E-state index in [0.717, 1.165) is 35.1 Å². The molecule has 1 aromatic heterocycles. The number of benzene rings is 1. The van der Waals surface area contributed by atoms with Crippen LogP contribution in [0.25, 0.3) is 11.6 Å². The van der Waals surface area contributed by atoms with Gasteiger partial charge in [0.05, 0.1) is 11.6 Å². The molecule has 0 radical (unpaired) electrons. The Bertz CT molecular complexity index is 781. The van der Waals surface area contributed by atoms with Crippen molar-refractivity contribution in [3.05, 3.63) is 51.3 Å². The molecule has 0 N–H and O–H groups in total. The molecule has 4 rings (SSSR count). The third kappa shape index (κ3) is 1.49. The Morgan fingerprint density at radius 3 is 3.10 bits per heavy atom. The van der Waals surface area contributed by atoms with Gasteiger partial charge in [-0.1, -0.05) is 39.1 Å². The summed E-state index contributed by atoms with van der Waals surface area (Å²) in [6.45, 7) is 0. The van der Waals surface area contributed by atoms with Crippen LogP contribution in [0.15, 0.2) is 33.4 Å². The molecule has 0 saturated carbocycles. The van der Waals surface area contributed by atoms with Crippen molar-refractivity contribution in [3.8, 4) is 12.3 Å². The topological polar surface area (TPSA) is 26.0 Å². The molecule has 1 aromatic carbocycles. The van der Waals surface area contributed by atoms with Gasteiger partial charge in [-0.15, -0.1) is 6.42 Å². The molecule has 1 heterocycles. The van der Waals surface area contributed by atoms with E-state index >= 15 is 0 Å². The van der Waals surface area contributed by atoms with E-state index in [1.54, 1.807) is 6.20 Å². The highest BCUT2D eigenvalue weighted by Gasteiger charge is 2.42. The van der Waals surface area contributed by atoms with Gasteiger partial charge in [-0.3, -0.25) is 0 Å². The fourth-order valence-electron chi connectivity index (χ4n) is 3.37. The Balaban J connectivity index is 2.03. The molecule has 0 spiro atoms. The van der Waals surface area contributed by atoms with Crippen LogP contribution in [-0.2, 0) is 12.8 Å². The van der Waals surface area contributed by atoms with E-state index in [2.05, 4.69) is 51.3 Å². The van der Waals surface area contributed by atoms with Crippen LogP contribution >= 0.6 is 15.9 Å². The van der Waals surface area contributed by atoms with Gasteiger partial charge in [0.25, 0.3) is 0 Å². The van der Waals surface area contributed by atoms with Crippen LogP contribution in [0, 0.1) is 17.8 Å². The van der Waals surface area contributed by atoms with Crippen LogP contribution in [0.1, 0.15) is 28.9 Å². The molecule has 2 aromatic rings. The highest BCUT2D eigenvalue weighted by molar-refractivity contribution is 9.10. The minimum Gasteiger partial charge on any atom is -0.357 e. The van der Waals surface area contributed by atoms with Gasteiger partial charge in [0.2, 0.25) is 0 Å². The number of terminal acetylenes is 1. The van der Waals surface area contributed by atoms with Crippen LogP contribution in [0.4, 0.5) is 0 Å². The van der Waals surface area contributed by atoms with E-state index in [-0.39, 0.29) is 5.41 Å². The van der Waals surface area contributed by atoms with E-state index in [0.29, 0.717) is 0 Å². The first-order valence-electron chi connectivity index (χ1n) is 6.65. The molecule has 20 heavy (non-hydrogen) atoms. The molecule has 0 fully saturated rings. The summed E-state index contributed by atoms with van der Waals surface area (Å²) in [7, 11) is 0. The predicted octanol–water partition coefficient (Wildman–Crippen LogP) is 4.10. The van der Waals surface area contributed by atoms with E-state index in [1.807, 2.05) is 0 Å². The molecule has 1 atom stereocenters. The van der Waals surface area contributed by atoms with Crippen molar-refractivity contribution in [1.29, 1.82) is 0 Å². The van der Waals surface area contributed by atoms with Crippen molar-refractivity contribution in [3.63, 3.8) is 0 Å². The van der Waals surface area contributed by atoms with Gasteiger partial charge in [-0.25, -0.2) is 0 Å². The molecule has 0 amide bonds. The number of aryl methyl sites for hydroxylation is 1. The van der Waals surface area contributed by atoms with Crippen molar-refractivity contribution in [2.45, 2.75) is 19.3 Å². The summed E-state index contributed by atoms with van der Waals surface area (Å²) in [5.41, 5.74) is 4.66. The molecule has 1 unspecified atom stereocenters. The molecular weight excluding hydrogens is 314 g/mol. The number of nitrogens with zero attached hydrogens (tertiary/aromatic N) is 1. The second-order valence-corrected chi connectivity index (χ2v) is 6.30. The summed E-state index contributed by atoms with van der Waals surface area (Å²) in [5.74, 6) is 3.90. The van der Waals surface area contributed by atoms with Crippen LogP contribution < -0.4 is 0 Å². The maximum atomic E-state index is 5.92. The van der Waals surface area contributed by atoms with E-state index in [1.165, 1.54) is 16.7 Å². The second kappa shape index (κ2) is 4.10. The van der Waals surface area contributed by atoms with Gasteiger partial charge in [-0.2, -0.15) is 0 Å². The number of allylic oxidation sites excluding steroid dienone is 1. The fourth-order valence-corrected chi connectivity index (χ4v) is 3.99. The average Bonchev–Trinajstić information content (AvgIpc) is 2.91. The Kier molecular flexibility index (Phi) is 2.46. The fraction of sp³-hybridized carbons (Fsp3) is 0.235. The van der Waals surface area contributed by atoms with E-state index in [4.69, 9.17) is 10.9 Å². The lowest BCUT2D eigenvalue weighted by Gasteiger charge is -2.39. The minimum absolute atomic E-state index is 0.227. The standard InChI is InChI=1S/C17H12BrNO/c1-2-17-7-6-11-4-3-5-14(18)16(11)13(17)8-15-12(9-17)10-19-20-15/h1,3-5,8,10H,6-7,9H2. The van der Waals surface area contributed by atoms with Gasteiger partial charge in [0, 0.05) is 10.0 Å². The van der Waals surface area contributed by atoms with Crippen LogP contribution in [0.5, 0.6) is 0 Å². The van der Waals surface area contributed by atoms with Gasteiger partial charge in [0.1, 0.15) is 0 Å².